The molecule has 1 aliphatic heterocycles. The highest BCUT2D eigenvalue weighted by atomic mass is 35.5. The molecule has 1 amide bonds. The van der Waals surface area contributed by atoms with E-state index in [0.717, 1.165) is 25.2 Å². The van der Waals surface area contributed by atoms with E-state index in [0.29, 0.717) is 17.4 Å². The Labute approximate surface area is 113 Å². The average molecular weight is 267 g/mol. The van der Waals surface area contributed by atoms with Gasteiger partial charge in [0.2, 0.25) is 0 Å². The summed E-state index contributed by atoms with van der Waals surface area (Å²) in [6, 6.07) is 7.47. The van der Waals surface area contributed by atoms with Gasteiger partial charge < -0.3 is 10.2 Å². The molecule has 1 heterocycles. The maximum absolute atomic E-state index is 12.0. The second-order valence-electron chi connectivity index (χ2n) is 4.96. The van der Waals surface area contributed by atoms with E-state index >= 15 is 0 Å². The van der Waals surface area contributed by atoms with Crippen LogP contribution < -0.4 is 5.32 Å². The van der Waals surface area contributed by atoms with E-state index in [1.807, 2.05) is 24.3 Å². The third-order valence-electron chi connectivity index (χ3n) is 3.38. The molecule has 0 bridgehead atoms. The molecule has 1 saturated heterocycles. The number of hydrogen-bond acceptors (Lipinski definition) is 2. The van der Waals surface area contributed by atoms with Crippen molar-refractivity contribution < 1.29 is 4.79 Å². The Bertz CT molecular complexity index is 422. The van der Waals surface area contributed by atoms with Crippen LogP contribution in [-0.2, 0) is 5.88 Å². The fourth-order valence-electron chi connectivity index (χ4n) is 2.33. The predicted octanol–water partition coefficient (Wildman–Crippen LogP) is 2.11. The van der Waals surface area contributed by atoms with Gasteiger partial charge in [-0.05, 0) is 43.6 Å². The van der Waals surface area contributed by atoms with E-state index in [1.54, 1.807) is 0 Å². The van der Waals surface area contributed by atoms with Crippen molar-refractivity contribution in [3.05, 3.63) is 35.4 Å². The molecule has 0 radical (unpaired) electrons. The average Bonchev–Trinajstić information content (AvgIpc) is 2.82. The second-order valence-corrected chi connectivity index (χ2v) is 5.23. The number of benzene rings is 1. The topological polar surface area (TPSA) is 32.3 Å². The molecule has 1 aromatic rings. The minimum Gasteiger partial charge on any atom is -0.352 e. The van der Waals surface area contributed by atoms with E-state index in [4.69, 9.17) is 11.6 Å². The lowest BCUT2D eigenvalue weighted by molar-refractivity contribution is 0.0947. The summed E-state index contributed by atoms with van der Waals surface area (Å²) in [5, 5.41) is 3.00. The Morgan fingerprint density at radius 3 is 3.06 bits per heavy atom. The third kappa shape index (κ3) is 3.47. The first-order valence-corrected chi connectivity index (χ1v) is 6.84. The van der Waals surface area contributed by atoms with Crippen molar-refractivity contribution in [2.45, 2.75) is 12.3 Å². The monoisotopic (exact) mass is 266 g/mol. The van der Waals surface area contributed by atoms with Crippen molar-refractivity contribution >= 4 is 17.5 Å². The molecule has 0 aromatic heterocycles. The first-order chi connectivity index (χ1) is 8.69. The van der Waals surface area contributed by atoms with Crippen LogP contribution in [0.2, 0.25) is 0 Å². The number of amides is 1. The zero-order chi connectivity index (χ0) is 13.0. The lowest BCUT2D eigenvalue weighted by atomic mass is 10.1. The highest BCUT2D eigenvalue weighted by Crippen LogP contribution is 2.13. The lowest BCUT2D eigenvalue weighted by Crippen LogP contribution is -2.30. The summed E-state index contributed by atoms with van der Waals surface area (Å²) in [4.78, 5) is 14.3. The molecule has 1 fully saturated rings. The number of carbonyl (C=O) groups is 1. The van der Waals surface area contributed by atoms with E-state index in [2.05, 4.69) is 17.3 Å². The van der Waals surface area contributed by atoms with Crippen molar-refractivity contribution in [1.82, 2.24) is 10.2 Å². The van der Waals surface area contributed by atoms with Gasteiger partial charge in [0, 0.05) is 24.5 Å². The number of halogens is 1. The minimum atomic E-state index is -0.00322. The van der Waals surface area contributed by atoms with Gasteiger partial charge in [-0.15, -0.1) is 11.6 Å². The Morgan fingerprint density at radius 1 is 1.56 bits per heavy atom. The van der Waals surface area contributed by atoms with Gasteiger partial charge in [-0.25, -0.2) is 0 Å². The van der Waals surface area contributed by atoms with Crippen LogP contribution in [0.25, 0.3) is 0 Å². The molecule has 0 spiro atoms. The summed E-state index contributed by atoms with van der Waals surface area (Å²) < 4.78 is 0. The largest absolute Gasteiger partial charge is 0.352 e. The summed E-state index contributed by atoms with van der Waals surface area (Å²) >= 11 is 5.76. The summed E-state index contributed by atoms with van der Waals surface area (Å²) in [7, 11) is 2.12. The van der Waals surface area contributed by atoms with Gasteiger partial charge in [-0.3, -0.25) is 4.79 Å². The number of hydrogen-bond donors (Lipinski definition) is 1. The Balaban J connectivity index is 1.87. The Kier molecular flexibility index (Phi) is 4.61. The van der Waals surface area contributed by atoms with Gasteiger partial charge in [0.1, 0.15) is 0 Å². The standard InChI is InChI=1S/C14H19ClN2O/c1-17-6-5-12(10-17)9-16-14(18)13-4-2-3-11(7-13)8-15/h2-4,7,12H,5-6,8-10H2,1H3,(H,16,18). The molecule has 1 aliphatic rings. The van der Waals surface area contributed by atoms with Gasteiger partial charge in [0.15, 0.2) is 0 Å². The summed E-state index contributed by atoms with van der Waals surface area (Å²) in [6.07, 6.45) is 1.17. The van der Waals surface area contributed by atoms with Crippen molar-refractivity contribution in [2.24, 2.45) is 5.92 Å². The first-order valence-electron chi connectivity index (χ1n) is 6.30. The lowest BCUT2D eigenvalue weighted by Gasteiger charge is -2.12. The van der Waals surface area contributed by atoms with Crippen molar-refractivity contribution in [1.29, 1.82) is 0 Å². The minimum absolute atomic E-state index is 0.00322. The molecule has 1 aromatic carbocycles. The second kappa shape index (κ2) is 6.21. The molecular weight excluding hydrogens is 248 g/mol. The Hall–Kier alpha value is -1.06. The summed E-state index contributed by atoms with van der Waals surface area (Å²) in [5.74, 6) is 1.01. The van der Waals surface area contributed by atoms with Gasteiger partial charge in [0.25, 0.3) is 5.91 Å². The first kappa shape index (κ1) is 13.4. The van der Waals surface area contributed by atoms with Crippen LogP contribution in [0.4, 0.5) is 0 Å². The van der Waals surface area contributed by atoms with Crippen molar-refractivity contribution in [3.8, 4) is 0 Å². The van der Waals surface area contributed by atoms with Crippen LogP contribution in [0, 0.1) is 5.92 Å². The fraction of sp³-hybridized carbons (Fsp3) is 0.500. The molecule has 0 saturated carbocycles. The van der Waals surface area contributed by atoms with E-state index in [9.17, 15) is 4.79 Å². The Morgan fingerprint density at radius 2 is 2.39 bits per heavy atom. The SMILES string of the molecule is CN1CCC(CNC(=O)c2cccc(CCl)c2)C1. The quantitative estimate of drug-likeness (QED) is 0.847. The highest BCUT2D eigenvalue weighted by molar-refractivity contribution is 6.17. The predicted molar refractivity (Wildman–Crippen MR) is 73.9 cm³/mol. The zero-order valence-corrected chi connectivity index (χ0v) is 11.4. The third-order valence-corrected chi connectivity index (χ3v) is 3.69. The van der Waals surface area contributed by atoms with Crippen LogP contribution in [0.15, 0.2) is 24.3 Å². The zero-order valence-electron chi connectivity index (χ0n) is 10.7. The van der Waals surface area contributed by atoms with Crippen LogP contribution in [0.5, 0.6) is 0 Å². The molecule has 18 heavy (non-hydrogen) atoms. The number of likely N-dealkylation sites (tertiary alicyclic amines) is 1. The molecule has 0 aliphatic carbocycles. The van der Waals surface area contributed by atoms with Crippen molar-refractivity contribution in [3.63, 3.8) is 0 Å². The number of rotatable bonds is 4. The van der Waals surface area contributed by atoms with E-state index < -0.39 is 0 Å². The van der Waals surface area contributed by atoms with E-state index in [-0.39, 0.29) is 5.91 Å². The molecule has 1 atom stereocenters. The summed E-state index contributed by atoms with van der Waals surface area (Å²) in [5.41, 5.74) is 1.67. The molecule has 4 heteroatoms. The van der Waals surface area contributed by atoms with Crippen molar-refractivity contribution in [2.75, 3.05) is 26.7 Å². The number of carbonyl (C=O) groups excluding carboxylic acids is 1. The van der Waals surface area contributed by atoms with Crippen LogP contribution >= 0.6 is 11.6 Å². The summed E-state index contributed by atoms with van der Waals surface area (Å²) in [6.45, 7) is 2.96. The smallest absolute Gasteiger partial charge is 0.251 e. The van der Waals surface area contributed by atoms with Gasteiger partial charge in [0.05, 0.1) is 0 Å². The van der Waals surface area contributed by atoms with Gasteiger partial charge in [-0.2, -0.15) is 0 Å². The number of nitrogens with zero attached hydrogens (tertiary/aromatic N) is 1. The maximum atomic E-state index is 12.0. The molecule has 98 valence electrons. The van der Waals surface area contributed by atoms with Crippen LogP contribution in [-0.4, -0.2) is 37.5 Å². The highest BCUT2D eigenvalue weighted by Gasteiger charge is 2.19. The van der Waals surface area contributed by atoms with Gasteiger partial charge >= 0.3 is 0 Å². The number of alkyl halides is 1. The molecule has 1 N–H and O–H groups in total. The normalized spacial score (nSPS) is 20.0. The molecule has 2 rings (SSSR count). The molecule has 1 unspecified atom stereocenters. The van der Waals surface area contributed by atoms with Crippen LogP contribution in [0.3, 0.4) is 0 Å². The van der Waals surface area contributed by atoms with E-state index in [1.165, 1.54) is 6.42 Å². The molecular formula is C14H19ClN2O. The molecule has 3 nitrogen and oxygen atoms in total. The van der Waals surface area contributed by atoms with Crippen LogP contribution in [0.1, 0.15) is 22.3 Å². The fourth-order valence-corrected chi connectivity index (χ4v) is 2.49. The van der Waals surface area contributed by atoms with Gasteiger partial charge in [-0.1, -0.05) is 12.1 Å². The number of nitrogens with one attached hydrogen (secondary N) is 1. The maximum Gasteiger partial charge on any atom is 0.251 e.